The van der Waals surface area contributed by atoms with Gasteiger partial charge < -0.3 is 4.90 Å². The number of nitrogens with zero attached hydrogens (tertiary/aromatic N) is 2. The second kappa shape index (κ2) is 5.93. The molecular weight excluding hydrogens is 232 g/mol. The second-order valence-corrected chi connectivity index (χ2v) is 5.35. The highest BCUT2D eigenvalue weighted by Gasteiger charge is 2.15. The molecule has 0 heterocycles. The average molecular weight is 251 g/mol. The maximum Gasteiger partial charge on any atom is 0.101 e. The van der Waals surface area contributed by atoms with Crippen molar-refractivity contribution in [2.24, 2.45) is 5.92 Å². The fraction of sp³-hybridized carbons (Fsp3) is 0.500. The number of anilines is 1. The smallest absolute Gasteiger partial charge is 0.101 e. The first-order chi connectivity index (χ1) is 7.95. The van der Waals surface area contributed by atoms with Crippen LogP contribution >= 0.6 is 11.6 Å². The van der Waals surface area contributed by atoms with Crippen molar-refractivity contribution in [3.05, 3.63) is 28.8 Å². The van der Waals surface area contributed by atoms with Crippen molar-refractivity contribution in [2.45, 2.75) is 33.7 Å². The van der Waals surface area contributed by atoms with Gasteiger partial charge in [-0.2, -0.15) is 5.26 Å². The quantitative estimate of drug-likeness (QED) is 0.805. The summed E-state index contributed by atoms with van der Waals surface area (Å²) in [6, 6.07) is 8.09. The van der Waals surface area contributed by atoms with Crippen LogP contribution in [0.1, 0.15) is 33.3 Å². The maximum absolute atomic E-state index is 9.17. The molecule has 0 bridgehead atoms. The van der Waals surface area contributed by atoms with Gasteiger partial charge in [-0.1, -0.05) is 25.4 Å². The van der Waals surface area contributed by atoms with Gasteiger partial charge in [0, 0.05) is 17.6 Å². The van der Waals surface area contributed by atoms with E-state index in [0.29, 0.717) is 22.5 Å². The highest BCUT2D eigenvalue weighted by Crippen LogP contribution is 2.26. The summed E-state index contributed by atoms with van der Waals surface area (Å²) in [5.74, 6) is 0.555. The van der Waals surface area contributed by atoms with Crippen molar-refractivity contribution in [1.82, 2.24) is 0 Å². The first kappa shape index (κ1) is 13.9. The van der Waals surface area contributed by atoms with Crippen LogP contribution in [0.4, 0.5) is 5.69 Å². The van der Waals surface area contributed by atoms with Crippen molar-refractivity contribution < 1.29 is 0 Å². The highest BCUT2D eigenvalue weighted by atomic mass is 35.5. The van der Waals surface area contributed by atoms with Crippen molar-refractivity contribution in [3.8, 4) is 6.07 Å². The third-order valence-electron chi connectivity index (χ3n) is 2.57. The third-order valence-corrected chi connectivity index (χ3v) is 2.81. The van der Waals surface area contributed by atoms with Crippen LogP contribution in [0.15, 0.2) is 18.2 Å². The molecule has 0 aliphatic heterocycles. The Balaban J connectivity index is 3.14. The third kappa shape index (κ3) is 3.64. The molecule has 2 nitrogen and oxygen atoms in total. The Morgan fingerprint density at radius 1 is 1.29 bits per heavy atom. The number of benzene rings is 1. The van der Waals surface area contributed by atoms with Gasteiger partial charge in [0.2, 0.25) is 0 Å². The Morgan fingerprint density at radius 2 is 1.94 bits per heavy atom. The van der Waals surface area contributed by atoms with Gasteiger partial charge in [0.05, 0.1) is 11.3 Å². The minimum atomic E-state index is 0.366. The molecule has 0 unspecified atom stereocenters. The number of nitriles is 1. The predicted molar refractivity (Wildman–Crippen MR) is 73.5 cm³/mol. The normalized spacial score (nSPS) is 10.7. The zero-order valence-corrected chi connectivity index (χ0v) is 11.6. The van der Waals surface area contributed by atoms with Gasteiger partial charge in [0.1, 0.15) is 6.07 Å². The van der Waals surface area contributed by atoms with E-state index in [0.717, 1.165) is 12.2 Å². The summed E-state index contributed by atoms with van der Waals surface area (Å²) >= 11 is 5.92. The summed E-state index contributed by atoms with van der Waals surface area (Å²) in [4.78, 5) is 2.25. The number of halogens is 1. The second-order valence-electron chi connectivity index (χ2n) is 4.91. The Hall–Kier alpha value is -1.20. The molecule has 0 aliphatic carbocycles. The van der Waals surface area contributed by atoms with Crippen LogP contribution in [0.5, 0.6) is 0 Å². The molecule has 0 N–H and O–H groups in total. The molecule has 1 aromatic rings. The van der Waals surface area contributed by atoms with Gasteiger partial charge in [0.25, 0.3) is 0 Å². The summed E-state index contributed by atoms with van der Waals surface area (Å²) in [6.07, 6.45) is 0. The molecule has 0 amide bonds. The summed E-state index contributed by atoms with van der Waals surface area (Å²) in [5.41, 5.74) is 1.62. The van der Waals surface area contributed by atoms with E-state index in [4.69, 9.17) is 11.6 Å². The highest BCUT2D eigenvalue weighted by molar-refractivity contribution is 6.30. The first-order valence-corrected chi connectivity index (χ1v) is 6.29. The predicted octanol–water partition coefficient (Wildman–Crippen LogP) is 4.08. The van der Waals surface area contributed by atoms with E-state index in [9.17, 15) is 5.26 Å². The zero-order valence-electron chi connectivity index (χ0n) is 10.9. The Bertz CT molecular complexity index is 419. The van der Waals surface area contributed by atoms with Crippen LogP contribution in [-0.2, 0) is 0 Å². The molecule has 1 aromatic carbocycles. The molecule has 0 atom stereocenters. The monoisotopic (exact) mass is 250 g/mol. The zero-order chi connectivity index (χ0) is 13.0. The largest absolute Gasteiger partial charge is 0.368 e. The minimum absolute atomic E-state index is 0.366. The van der Waals surface area contributed by atoms with Crippen LogP contribution in [0.2, 0.25) is 5.02 Å². The van der Waals surface area contributed by atoms with E-state index in [1.807, 2.05) is 12.1 Å². The molecule has 17 heavy (non-hydrogen) atoms. The number of hydrogen-bond donors (Lipinski definition) is 0. The minimum Gasteiger partial charge on any atom is -0.368 e. The summed E-state index contributed by atoms with van der Waals surface area (Å²) < 4.78 is 0. The molecule has 1 rings (SSSR count). The fourth-order valence-corrected chi connectivity index (χ4v) is 2.00. The number of rotatable bonds is 4. The molecule has 0 spiro atoms. The lowest BCUT2D eigenvalue weighted by atomic mass is 10.1. The van der Waals surface area contributed by atoms with E-state index in [1.165, 1.54) is 0 Å². The van der Waals surface area contributed by atoms with E-state index in [-0.39, 0.29) is 0 Å². The summed E-state index contributed by atoms with van der Waals surface area (Å²) in [7, 11) is 0. The number of hydrogen-bond acceptors (Lipinski definition) is 2. The Kier molecular flexibility index (Phi) is 4.84. The van der Waals surface area contributed by atoms with Crippen molar-refractivity contribution in [1.29, 1.82) is 5.26 Å². The lowest BCUT2D eigenvalue weighted by Gasteiger charge is -2.31. The van der Waals surface area contributed by atoms with Gasteiger partial charge in [-0.15, -0.1) is 0 Å². The Labute approximate surface area is 109 Å². The molecule has 92 valence electrons. The SMILES string of the molecule is CC(C)CN(c1ccc(Cl)cc1C#N)C(C)C. The standard InChI is InChI=1S/C14H19ClN2/c1-10(2)9-17(11(3)4)14-6-5-13(15)7-12(14)8-16/h5-7,10-11H,9H2,1-4H3. The Morgan fingerprint density at radius 3 is 2.41 bits per heavy atom. The van der Waals surface area contributed by atoms with E-state index >= 15 is 0 Å². The van der Waals surface area contributed by atoms with Crippen LogP contribution in [0.25, 0.3) is 0 Å². The van der Waals surface area contributed by atoms with E-state index in [2.05, 4.69) is 38.7 Å². The van der Waals surface area contributed by atoms with Gasteiger partial charge in [-0.25, -0.2) is 0 Å². The molecule has 0 saturated carbocycles. The lowest BCUT2D eigenvalue weighted by Crippen LogP contribution is -2.34. The van der Waals surface area contributed by atoms with Gasteiger partial charge in [-0.05, 0) is 38.0 Å². The van der Waals surface area contributed by atoms with Crippen LogP contribution < -0.4 is 4.90 Å². The lowest BCUT2D eigenvalue weighted by molar-refractivity contribution is 0.570. The summed E-state index contributed by atoms with van der Waals surface area (Å²) in [5, 5.41) is 9.78. The van der Waals surface area contributed by atoms with E-state index in [1.54, 1.807) is 6.07 Å². The van der Waals surface area contributed by atoms with Crippen LogP contribution in [0.3, 0.4) is 0 Å². The average Bonchev–Trinajstić information content (AvgIpc) is 2.25. The molecular formula is C14H19ClN2. The fourth-order valence-electron chi connectivity index (χ4n) is 1.83. The maximum atomic E-state index is 9.17. The van der Waals surface area contributed by atoms with Gasteiger partial charge in [-0.3, -0.25) is 0 Å². The molecule has 0 aromatic heterocycles. The van der Waals surface area contributed by atoms with Crippen LogP contribution in [0, 0.1) is 17.2 Å². The van der Waals surface area contributed by atoms with Crippen molar-refractivity contribution in [2.75, 3.05) is 11.4 Å². The van der Waals surface area contributed by atoms with E-state index < -0.39 is 0 Å². The van der Waals surface area contributed by atoms with Gasteiger partial charge in [0.15, 0.2) is 0 Å². The molecule has 3 heteroatoms. The van der Waals surface area contributed by atoms with Crippen molar-refractivity contribution >= 4 is 17.3 Å². The summed E-state index contributed by atoms with van der Waals surface area (Å²) in [6.45, 7) is 9.57. The van der Waals surface area contributed by atoms with Crippen LogP contribution in [-0.4, -0.2) is 12.6 Å². The molecule has 0 fully saturated rings. The molecule has 0 aliphatic rings. The topological polar surface area (TPSA) is 27.0 Å². The first-order valence-electron chi connectivity index (χ1n) is 5.92. The molecule has 0 radical (unpaired) electrons. The molecule has 0 saturated heterocycles. The van der Waals surface area contributed by atoms with Gasteiger partial charge >= 0.3 is 0 Å². The van der Waals surface area contributed by atoms with Crippen molar-refractivity contribution in [3.63, 3.8) is 0 Å².